The van der Waals surface area contributed by atoms with Gasteiger partial charge in [0, 0.05) is 6.61 Å². The van der Waals surface area contributed by atoms with Crippen molar-refractivity contribution in [3.8, 4) is 5.75 Å². The van der Waals surface area contributed by atoms with Crippen LogP contribution in [0, 0.1) is 6.92 Å². The zero-order valence-corrected chi connectivity index (χ0v) is 14.5. The van der Waals surface area contributed by atoms with Gasteiger partial charge < -0.3 is 14.8 Å². The Balaban J connectivity index is 3.17. The van der Waals surface area contributed by atoms with Crippen LogP contribution in [0.2, 0.25) is 0 Å². The molecule has 0 spiro atoms. The average molecular weight is 293 g/mol. The van der Waals surface area contributed by atoms with E-state index in [-0.39, 0.29) is 11.6 Å². The molecule has 0 aromatic heterocycles. The summed E-state index contributed by atoms with van der Waals surface area (Å²) in [6, 6.07) is 6.48. The first-order chi connectivity index (χ1) is 10.0. The number of aryl methyl sites for hydroxylation is 1. The van der Waals surface area contributed by atoms with E-state index >= 15 is 0 Å². The second kappa shape index (κ2) is 8.40. The fraction of sp³-hybridized carbons (Fsp3) is 0.667. The summed E-state index contributed by atoms with van der Waals surface area (Å²) in [6.07, 6.45) is 2.07. The van der Waals surface area contributed by atoms with Crippen molar-refractivity contribution in [2.45, 2.75) is 59.1 Å². The summed E-state index contributed by atoms with van der Waals surface area (Å²) in [6.45, 7) is 12.5. The van der Waals surface area contributed by atoms with E-state index < -0.39 is 0 Å². The molecule has 0 aliphatic rings. The third-order valence-electron chi connectivity index (χ3n) is 4.17. The smallest absolute Gasteiger partial charge is 0.119 e. The molecule has 120 valence electrons. The molecule has 0 aliphatic heterocycles. The predicted molar refractivity (Wildman–Crippen MR) is 89.1 cm³/mol. The quantitative estimate of drug-likeness (QED) is 0.738. The Kier molecular flexibility index (Phi) is 7.20. The van der Waals surface area contributed by atoms with Gasteiger partial charge in [0.15, 0.2) is 0 Å². The van der Waals surface area contributed by atoms with Crippen molar-refractivity contribution in [1.82, 2.24) is 5.32 Å². The number of methoxy groups -OCH3 is 1. The third kappa shape index (κ3) is 4.45. The molecule has 0 amide bonds. The zero-order chi connectivity index (χ0) is 15.9. The summed E-state index contributed by atoms with van der Waals surface area (Å²) < 4.78 is 11.4. The lowest BCUT2D eigenvalue weighted by atomic mass is 9.85. The van der Waals surface area contributed by atoms with Gasteiger partial charge in [-0.15, -0.1) is 0 Å². The number of ether oxygens (including phenoxy) is 2. The highest BCUT2D eigenvalue weighted by atomic mass is 16.5. The molecule has 2 unspecified atom stereocenters. The molecule has 0 saturated carbocycles. The lowest BCUT2D eigenvalue weighted by molar-refractivity contribution is -0.0564. The van der Waals surface area contributed by atoms with Crippen molar-refractivity contribution >= 4 is 0 Å². The first-order valence-electron chi connectivity index (χ1n) is 8.04. The second-order valence-electron chi connectivity index (χ2n) is 5.71. The fourth-order valence-electron chi connectivity index (χ4n) is 2.76. The molecule has 0 radical (unpaired) electrons. The van der Waals surface area contributed by atoms with Crippen molar-refractivity contribution in [3.63, 3.8) is 0 Å². The van der Waals surface area contributed by atoms with Crippen LogP contribution in [0.15, 0.2) is 18.2 Å². The molecule has 0 bridgehead atoms. The molecule has 1 aromatic rings. The molecular formula is C18H31NO2. The van der Waals surface area contributed by atoms with Crippen LogP contribution in [0.3, 0.4) is 0 Å². The summed E-state index contributed by atoms with van der Waals surface area (Å²) >= 11 is 0. The van der Waals surface area contributed by atoms with Crippen LogP contribution in [-0.2, 0) is 4.74 Å². The van der Waals surface area contributed by atoms with E-state index in [1.54, 1.807) is 7.11 Å². The molecule has 0 aliphatic carbocycles. The van der Waals surface area contributed by atoms with E-state index in [0.29, 0.717) is 0 Å². The first-order valence-corrected chi connectivity index (χ1v) is 8.04. The zero-order valence-electron chi connectivity index (χ0n) is 14.5. The Morgan fingerprint density at radius 1 is 1.24 bits per heavy atom. The van der Waals surface area contributed by atoms with Crippen LogP contribution in [0.5, 0.6) is 5.75 Å². The maximum absolute atomic E-state index is 6.11. The van der Waals surface area contributed by atoms with Gasteiger partial charge in [-0.2, -0.15) is 0 Å². The van der Waals surface area contributed by atoms with Crippen molar-refractivity contribution < 1.29 is 9.47 Å². The lowest BCUT2D eigenvalue weighted by Crippen LogP contribution is -2.44. The standard InChI is InChI=1S/C18H31NO2/c1-7-12-19-17(18(5,8-2)21-9-3)16-11-10-15(20-6)13-14(16)4/h10-11,13,17,19H,7-9,12H2,1-6H3. The van der Waals surface area contributed by atoms with Gasteiger partial charge in [0.2, 0.25) is 0 Å². The number of hydrogen-bond donors (Lipinski definition) is 1. The molecule has 0 fully saturated rings. The maximum Gasteiger partial charge on any atom is 0.119 e. The molecule has 21 heavy (non-hydrogen) atoms. The van der Waals surface area contributed by atoms with Crippen LogP contribution < -0.4 is 10.1 Å². The number of rotatable bonds is 9. The fourth-order valence-corrected chi connectivity index (χ4v) is 2.76. The number of nitrogens with one attached hydrogen (secondary N) is 1. The number of hydrogen-bond acceptors (Lipinski definition) is 3. The highest BCUT2D eigenvalue weighted by Gasteiger charge is 2.34. The van der Waals surface area contributed by atoms with Crippen molar-refractivity contribution in [3.05, 3.63) is 29.3 Å². The van der Waals surface area contributed by atoms with Crippen LogP contribution in [-0.4, -0.2) is 25.9 Å². The van der Waals surface area contributed by atoms with Crippen molar-refractivity contribution in [1.29, 1.82) is 0 Å². The van der Waals surface area contributed by atoms with Gasteiger partial charge >= 0.3 is 0 Å². The maximum atomic E-state index is 6.11. The summed E-state index contributed by atoms with van der Waals surface area (Å²) in [5.74, 6) is 0.903. The second-order valence-corrected chi connectivity index (χ2v) is 5.71. The Morgan fingerprint density at radius 2 is 1.95 bits per heavy atom. The molecule has 1 aromatic carbocycles. The molecular weight excluding hydrogens is 262 g/mol. The van der Waals surface area contributed by atoms with Gasteiger partial charge in [-0.05, 0) is 63.4 Å². The molecule has 0 saturated heterocycles. The van der Waals surface area contributed by atoms with Crippen LogP contribution >= 0.6 is 0 Å². The van der Waals surface area contributed by atoms with E-state index in [9.17, 15) is 0 Å². The minimum atomic E-state index is -0.205. The summed E-state index contributed by atoms with van der Waals surface area (Å²) in [7, 11) is 1.71. The summed E-state index contributed by atoms with van der Waals surface area (Å²) in [5, 5.41) is 3.67. The van der Waals surface area contributed by atoms with E-state index in [1.165, 1.54) is 11.1 Å². The topological polar surface area (TPSA) is 30.5 Å². The average Bonchev–Trinajstić information content (AvgIpc) is 2.49. The molecule has 1 rings (SSSR count). The van der Waals surface area contributed by atoms with Gasteiger partial charge in [0.25, 0.3) is 0 Å². The molecule has 3 nitrogen and oxygen atoms in total. The van der Waals surface area contributed by atoms with Crippen molar-refractivity contribution in [2.75, 3.05) is 20.3 Å². The third-order valence-corrected chi connectivity index (χ3v) is 4.17. The van der Waals surface area contributed by atoms with Gasteiger partial charge in [-0.1, -0.05) is 19.9 Å². The Labute approximate surface area is 130 Å². The largest absolute Gasteiger partial charge is 0.497 e. The first kappa shape index (κ1) is 18.0. The number of benzene rings is 1. The monoisotopic (exact) mass is 293 g/mol. The molecule has 3 heteroatoms. The Hall–Kier alpha value is -1.06. The highest BCUT2D eigenvalue weighted by molar-refractivity contribution is 5.38. The minimum Gasteiger partial charge on any atom is -0.497 e. The van der Waals surface area contributed by atoms with Gasteiger partial charge in [0.05, 0.1) is 18.8 Å². The summed E-state index contributed by atoms with van der Waals surface area (Å²) in [5.41, 5.74) is 2.33. The predicted octanol–water partition coefficient (Wildman–Crippen LogP) is 4.25. The minimum absolute atomic E-state index is 0.188. The molecule has 2 atom stereocenters. The van der Waals surface area contributed by atoms with Crippen molar-refractivity contribution in [2.24, 2.45) is 0 Å². The SMILES string of the molecule is CCCNC(c1ccc(OC)cc1C)C(C)(CC)OCC. The Morgan fingerprint density at radius 3 is 2.43 bits per heavy atom. The van der Waals surface area contributed by atoms with Gasteiger partial charge in [-0.25, -0.2) is 0 Å². The molecule has 1 N–H and O–H groups in total. The summed E-state index contributed by atoms with van der Waals surface area (Å²) in [4.78, 5) is 0. The normalized spacial score (nSPS) is 15.5. The van der Waals surface area contributed by atoms with Crippen LogP contribution in [0.4, 0.5) is 0 Å². The highest BCUT2D eigenvalue weighted by Crippen LogP contribution is 2.35. The Bertz CT molecular complexity index is 433. The van der Waals surface area contributed by atoms with E-state index in [0.717, 1.165) is 31.7 Å². The lowest BCUT2D eigenvalue weighted by Gasteiger charge is -2.38. The van der Waals surface area contributed by atoms with Gasteiger partial charge in [-0.3, -0.25) is 0 Å². The molecule has 0 heterocycles. The van der Waals surface area contributed by atoms with Crippen LogP contribution in [0.1, 0.15) is 57.7 Å². The van der Waals surface area contributed by atoms with E-state index in [1.807, 2.05) is 6.07 Å². The van der Waals surface area contributed by atoms with Gasteiger partial charge in [0.1, 0.15) is 5.75 Å². The van der Waals surface area contributed by atoms with E-state index in [2.05, 4.69) is 52.1 Å². The van der Waals surface area contributed by atoms with E-state index in [4.69, 9.17) is 9.47 Å². The van der Waals surface area contributed by atoms with Crippen LogP contribution in [0.25, 0.3) is 0 Å².